The third-order valence-electron chi connectivity index (χ3n) is 4.38. The lowest BCUT2D eigenvalue weighted by Gasteiger charge is -2.32. The molecule has 0 atom stereocenters. The zero-order valence-corrected chi connectivity index (χ0v) is 15.3. The Labute approximate surface area is 154 Å². The molecule has 6 nitrogen and oxygen atoms in total. The zero-order valence-electron chi connectivity index (χ0n) is 13.7. The van der Waals surface area contributed by atoms with Crippen LogP contribution in [-0.2, 0) is 0 Å². The van der Waals surface area contributed by atoms with Gasteiger partial charge in [0.1, 0.15) is 0 Å². The summed E-state index contributed by atoms with van der Waals surface area (Å²) in [5, 5.41) is 13.6. The van der Waals surface area contributed by atoms with E-state index in [-0.39, 0.29) is 17.5 Å². The monoisotopic (exact) mass is 379 g/mol. The van der Waals surface area contributed by atoms with Gasteiger partial charge in [0.15, 0.2) is 0 Å². The summed E-state index contributed by atoms with van der Waals surface area (Å²) < 4.78 is 1.69. The van der Waals surface area contributed by atoms with E-state index in [1.165, 1.54) is 6.20 Å². The van der Waals surface area contributed by atoms with Crippen molar-refractivity contribution in [1.82, 2.24) is 14.7 Å². The second-order valence-corrected chi connectivity index (χ2v) is 7.17. The number of piperidine rings is 1. The summed E-state index contributed by atoms with van der Waals surface area (Å²) in [6.07, 6.45) is 6.31. The molecule has 2 aromatic rings. The number of likely N-dealkylation sites (tertiary alicyclic amines) is 1. The van der Waals surface area contributed by atoms with Crippen LogP contribution in [0.2, 0.25) is 5.02 Å². The highest BCUT2D eigenvalue weighted by Gasteiger charge is 2.26. The summed E-state index contributed by atoms with van der Waals surface area (Å²) in [7, 11) is 0. The van der Waals surface area contributed by atoms with Crippen molar-refractivity contribution >= 4 is 35.2 Å². The molecule has 25 heavy (non-hydrogen) atoms. The number of carboxylic acid groups (broad SMARTS) is 1. The van der Waals surface area contributed by atoms with Crippen molar-refractivity contribution in [2.75, 3.05) is 19.3 Å². The Morgan fingerprint density at radius 3 is 2.64 bits per heavy atom. The number of benzene rings is 1. The minimum absolute atomic E-state index is 0.0639. The fraction of sp³-hybridized carbons (Fsp3) is 0.353. The van der Waals surface area contributed by atoms with Gasteiger partial charge in [0.25, 0.3) is 5.91 Å². The van der Waals surface area contributed by atoms with Gasteiger partial charge in [-0.2, -0.15) is 5.10 Å². The Morgan fingerprint density at radius 1 is 1.32 bits per heavy atom. The van der Waals surface area contributed by atoms with E-state index in [0.717, 1.165) is 17.7 Å². The van der Waals surface area contributed by atoms with Crippen LogP contribution in [0.5, 0.6) is 0 Å². The van der Waals surface area contributed by atoms with E-state index in [4.69, 9.17) is 16.7 Å². The quantitative estimate of drug-likeness (QED) is 0.823. The molecule has 3 rings (SSSR count). The second kappa shape index (κ2) is 7.49. The van der Waals surface area contributed by atoms with E-state index >= 15 is 0 Å². The molecule has 1 amide bonds. The van der Waals surface area contributed by atoms with E-state index in [1.54, 1.807) is 33.6 Å². The lowest BCUT2D eigenvalue weighted by molar-refractivity contribution is 0.0688. The van der Waals surface area contributed by atoms with Crippen molar-refractivity contribution in [3.63, 3.8) is 0 Å². The zero-order chi connectivity index (χ0) is 18.0. The van der Waals surface area contributed by atoms with Crippen molar-refractivity contribution in [3.8, 4) is 0 Å². The van der Waals surface area contributed by atoms with Crippen LogP contribution < -0.4 is 0 Å². The van der Waals surface area contributed by atoms with Crippen molar-refractivity contribution in [2.45, 2.75) is 23.8 Å². The molecule has 0 saturated carbocycles. The van der Waals surface area contributed by atoms with E-state index < -0.39 is 5.97 Å². The minimum atomic E-state index is -0.984. The normalized spacial score (nSPS) is 15.4. The number of carboxylic acids is 1. The third-order valence-corrected chi connectivity index (χ3v) is 5.43. The molecule has 1 aliphatic rings. The number of aromatic carboxylic acids is 1. The van der Waals surface area contributed by atoms with Gasteiger partial charge in [0.2, 0.25) is 0 Å². The highest BCUT2D eigenvalue weighted by molar-refractivity contribution is 7.98. The Hall–Kier alpha value is -1.99. The summed E-state index contributed by atoms with van der Waals surface area (Å²) in [4.78, 5) is 26.5. The Bertz CT molecular complexity index is 800. The van der Waals surface area contributed by atoms with Crippen LogP contribution in [0.15, 0.2) is 35.5 Å². The maximum Gasteiger partial charge on any atom is 0.338 e. The first kappa shape index (κ1) is 17.8. The van der Waals surface area contributed by atoms with Crippen LogP contribution in [0, 0.1) is 0 Å². The highest BCUT2D eigenvalue weighted by Crippen LogP contribution is 2.27. The Kier molecular flexibility index (Phi) is 5.34. The fourth-order valence-electron chi connectivity index (χ4n) is 2.95. The number of carbonyl (C=O) groups is 2. The molecule has 1 aromatic carbocycles. The number of nitrogens with zero attached hydrogens (tertiary/aromatic N) is 3. The summed E-state index contributed by atoms with van der Waals surface area (Å²) >= 11 is 7.77. The summed E-state index contributed by atoms with van der Waals surface area (Å²) in [6, 6.07) is 5.58. The van der Waals surface area contributed by atoms with Crippen molar-refractivity contribution < 1.29 is 14.7 Å². The van der Waals surface area contributed by atoms with Gasteiger partial charge in [-0.1, -0.05) is 11.6 Å². The van der Waals surface area contributed by atoms with Crippen LogP contribution in [0.4, 0.5) is 0 Å². The van der Waals surface area contributed by atoms with E-state index in [9.17, 15) is 9.59 Å². The molecule has 0 spiro atoms. The summed E-state index contributed by atoms with van der Waals surface area (Å²) in [5.41, 5.74) is 0.707. The topological polar surface area (TPSA) is 75.4 Å². The first-order valence-corrected chi connectivity index (χ1v) is 9.50. The predicted molar refractivity (Wildman–Crippen MR) is 96.6 cm³/mol. The van der Waals surface area contributed by atoms with Crippen LogP contribution in [0.1, 0.15) is 39.6 Å². The molecular weight excluding hydrogens is 362 g/mol. The predicted octanol–water partition coefficient (Wildman–Crippen LogP) is 3.43. The lowest BCUT2D eigenvalue weighted by Crippen LogP contribution is -2.39. The standard InChI is InChI=1S/C17H18ClN3O3S/c1-25-13-2-3-15(18)14(8-13)16(22)20-6-4-12(5-7-20)21-10-11(9-19-21)17(23)24/h2-3,8-10,12H,4-7H2,1H3,(H,23,24). The molecule has 0 unspecified atom stereocenters. The number of rotatable bonds is 4. The van der Waals surface area contributed by atoms with Crippen LogP contribution in [0.3, 0.4) is 0 Å². The van der Waals surface area contributed by atoms with Gasteiger partial charge in [-0.15, -0.1) is 11.8 Å². The molecule has 0 aliphatic carbocycles. The first-order chi connectivity index (χ1) is 12.0. The van der Waals surface area contributed by atoms with Crippen LogP contribution >= 0.6 is 23.4 Å². The van der Waals surface area contributed by atoms with Crippen LogP contribution in [0.25, 0.3) is 0 Å². The second-order valence-electron chi connectivity index (χ2n) is 5.88. The average Bonchev–Trinajstić information content (AvgIpc) is 3.12. The SMILES string of the molecule is CSc1ccc(Cl)c(C(=O)N2CCC(n3cc(C(=O)O)cn3)CC2)c1. The first-order valence-electron chi connectivity index (χ1n) is 7.90. The number of carbonyl (C=O) groups excluding carboxylic acids is 1. The number of amides is 1. The minimum Gasteiger partial charge on any atom is -0.478 e. The molecule has 1 aromatic heterocycles. The fourth-order valence-corrected chi connectivity index (χ4v) is 3.59. The molecule has 132 valence electrons. The smallest absolute Gasteiger partial charge is 0.338 e. The van der Waals surface area contributed by atoms with Gasteiger partial charge < -0.3 is 10.0 Å². The summed E-state index contributed by atoms with van der Waals surface area (Å²) in [5.74, 6) is -1.05. The van der Waals surface area contributed by atoms with Crippen molar-refractivity contribution in [2.24, 2.45) is 0 Å². The van der Waals surface area contributed by atoms with E-state index in [0.29, 0.717) is 23.7 Å². The highest BCUT2D eigenvalue weighted by atomic mass is 35.5. The van der Waals surface area contributed by atoms with Crippen molar-refractivity contribution in [3.05, 3.63) is 46.7 Å². The molecule has 1 saturated heterocycles. The number of hydrogen-bond donors (Lipinski definition) is 1. The van der Waals surface area contributed by atoms with E-state index in [1.807, 2.05) is 18.4 Å². The van der Waals surface area contributed by atoms with Gasteiger partial charge in [0, 0.05) is 24.2 Å². The Balaban J connectivity index is 1.67. The Morgan fingerprint density at radius 2 is 2.04 bits per heavy atom. The molecule has 1 fully saturated rings. The molecule has 2 heterocycles. The molecule has 0 radical (unpaired) electrons. The molecule has 8 heteroatoms. The lowest BCUT2D eigenvalue weighted by atomic mass is 10.0. The van der Waals surface area contributed by atoms with Crippen LogP contribution in [-0.4, -0.2) is 51.0 Å². The number of thioether (sulfide) groups is 1. The molecule has 1 N–H and O–H groups in total. The number of halogens is 1. The van der Waals surface area contributed by atoms with Gasteiger partial charge >= 0.3 is 5.97 Å². The van der Waals surface area contributed by atoms with Gasteiger partial charge in [-0.3, -0.25) is 9.48 Å². The van der Waals surface area contributed by atoms with Crippen molar-refractivity contribution in [1.29, 1.82) is 0 Å². The molecule has 0 bridgehead atoms. The number of aromatic nitrogens is 2. The van der Waals surface area contributed by atoms with E-state index in [2.05, 4.69) is 5.10 Å². The van der Waals surface area contributed by atoms with Gasteiger partial charge in [0.05, 0.1) is 28.4 Å². The number of hydrogen-bond acceptors (Lipinski definition) is 4. The summed E-state index contributed by atoms with van der Waals surface area (Å²) in [6.45, 7) is 1.18. The average molecular weight is 380 g/mol. The van der Waals surface area contributed by atoms with Gasteiger partial charge in [-0.05, 0) is 37.3 Å². The molecule has 1 aliphatic heterocycles. The third kappa shape index (κ3) is 3.82. The maximum absolute atomic E-state index is 12.8. The van der Waals surface area contributed by atoms with Gasteiger partial charge in [-0.25, -0.2) is 4.79 Å². The molecular formula is C17H18ClN3O3S. The maximum atomic E-state index is 12.8. The largest absolute Gasteiger partial charge is 0.478 e.